The van der Waals surface area contributed by atoms with Crippen molar-refractivity contribution in [1.82, 2.24) is 10.2 Å². The lowest BCUT2D eigenvalue weighted by Crippen LogP contribution is -2.42. The molecule has 0 radical (unpaired) electrons. The second-order valence-electron chi connectivity index (χ2n) is 4.85. The number of hydrogen-bond donors (Lipinski definition) is 2. The topological polar surface area (TPSA) is 78.9 Å². The van der Waals surface area contributed by atoms with Gasteiger partial charge in [0.05, 0.1) is 17.5 Å². The van der Waals surface area contributed by atoms with E-state index in [2.05, 4.69) is 5.32 Å². The fourth-order valence-corrected chi connectivity index (χ4v) is 2.19. The second kappa shape index (κ2) is 6.89. The largest absolute Gasteiger partial charge is 0.489 e. The number of nitrogens with one attached hydrogen (secondary N) is 1. The van der Waals surface area contributed by atoms with Crippen LogP contribution in [0.25, 0.3) is 0 Å². The van der Waals surface area contributed by atoms with Crippen LogP contribution in [0.2, 0.25) is 5.02 Å². The Morgan fingerprint density at radius 1 is 1.48 bits per heavy atom. The molecule has 2 rings (SSSR count). The molecule has 1 heterocycles. The highest BCUT2D eigenvalue weighted by Gasteiger charge is 2.35. The van der Waals surface area contributed by atoms with Crippen LogP contribution in [0.4, 0.5) is 0 Å². The van der Waals surface area contributed by atoms with Crippen molar-refractivity contribution in [3.8, 4) is 5.75 Å². The number of likely N-dealkylation sites (N-methyl/N-ethyl adjacent to an activating group) is 1. The SMILES string of the molecule is CN1C(=O)CC(NCC(O)COc2ccccc2Cl)C1=O. The molecule has 2 N–H and O–H groups in total. The second-order valence-corrected chi connectivity index (χ2v) is 5.26. The number of likely N-dealkylation sites (tertiary alicyclic amines) is 1. The van der Waals surface area contributed by atoms with E-state index in [1.165, 1.54) is 7.05 Å². The summed E-state index contributed by atoms with van der Waals surface area (Å²) in [7, 11) is 1.45. The molecule has 0 aromatic heterocycles. The third-order valence-electron chi connectivity index (χ3n) is 3.25. The van der Waals surface area contributed by atoms with Gasteiger partial charge in [-0.25, -0.2) is 0 Å². The lowest BCUT2D eigenvalue weighted by Gasteiger charge is -2.16. The number of halogens is 1. The van der Waals surface area contributed by atoms with Crippen molar-refractivity contribution in [1.29, 1.82) is 0 Å². The number of para-hydroxylation sites is 1. The van der Waals surface area contributed by atoms with Crippen molar-refractivity contribution in [2.75, 3.05) is 20.2 Å². The van der Waals surface area contributed by atoms with E-state index in [4.69, 9.17) is 16.3 Å². The van der Waals surface area contributed by atoms with E-state index in [1.807, 2.05) is 0 Å². The Labute approximate surface area is 127 Å². The molecule has 1 aliphatic rings. The normalized spacial score (nSPS) is 20.0. The molecule has 1 aromatic rings. The first-order valence-corrected chi connectivity index (χ1v) is 6.96. The molecule has 0 bridgehead atoms. The molecule has 2 atom stereocenters. The number of aliphatic hydroxyl groups excluding tert-OH is 1. The van der Waals surface area contributed by atoms with Gasteiger partial charge in [0, 0.05) is 13.6 Å². The molecule has 21 heavy (non-hydrogen) atoms. The molecule has 7 heteroatoms. The van der Waals surface area contributed by atoms with Crippen LogP contribution < -0.4 is 10.1 Å². The van der Waals surface area contributed by atoms with Gasteiger partial charge in [0.2, 0.25) is 11.8 Å². The number of nitrogens with zero attached hydrogens (tertiary/aromatic N) is 1. The lowest BCUT2D eigenvalue weighted by atomic mass is 10.2. The number of carbonyl (C=O) groups is 2. The van der Waals surface area contributed by atoms with E-state index >= 15 is 0 Å². The van der Waals surface area contributed by atoms with Crippen LogP contribution in [0.5, 0.6) is 5.75 Å². The van der Waals surface area contributed by atoms with Crippen LogP contribution in [-0.2, 0) is 9.59 Å². The van der Waals surface area contributed by atoms with Gasteiger partial charge in [-0.3, -0.25) is 14.5 Å². The number of benzene rings is 1. The maximum atomic E-state index is 11.7. The highest BCUT2D eigenvalue weighted by Crippen LogP contribution is 2.23. The summed E-state index contributed by atoms with van der Waals surface area (Å²) >= 11 is 5.93. The number of imide groups is 1. The fraction of sp³-hybridized carbons (Fsp3) is 0.429. The zero-order valence-corrected chi connectivity index (χ0v) is 12.3. The molecule has 1 aliphatic heterocycles. The monoisotopic (exact) mass is 312 g/mol. The van der Waals surface area contributed by atoms with E-state index < -0.39 is 12.1 Å². The first-order valence-electron chi connectivity index (χ1n) is 6.58. The fourth-order valence-electron chi connectivity index (χ4n) is 2.00. The minimum Gasteiger partial charge on any atom is -0.489 e. The first-order chi connectivity index (χ1) is 9.99. The van der Waals surface area contributed by atoms with Crippen LogP contribution >= 0.6 is 11.6 Å². The summed E-state index contributed by atoms with van der Waals surface area (Å²) in [6.07, 6.45) is -0.692. The van der Waals surface area contributed by atoms with Gasteiger partial charge in [0.15, 0.2) is 0 Å². The number of hydrogen-bond acceptors (Lipinski definition) is 5. The Morgan fingerprint density at radius 3 is 2.81 bits per heavy atom. The van der Waals surface area contributed by atoms with Crippen molar-refractivity contribution in [3.05, 3.63) is 29.3 Å². The molecule has 2 amide bonds. The Hall–Kier alpha value is -1.63. The minimum atomic E-state index is -0.810. The van der Waals surface area contributed by atoms with Gasteiger partial charge in [0.25, 0.3) is 0 Å². The van der Waals surface area contributed by atoms with E-state index in [1.54, 1.807) is 24.3 Å². The van der Waals surface area contributed by atoms with Crippen LogP contribution in [0.15, 0.2) is 24.3 Å². The third-order valence-corrected chi connectivity index (χ3v) is 3.56. The van der Waals surface area contributed by atoms with Crippen molar-refractivity contribution in [2.45, 2.75) is 18.6 Å². The number of carbonyl (C=O) groups excluding carboxylic acids is 2. The molecule has 0 aliphatic carbocycles. The third kappa shape index (κ3) is 3.93. The van der Waals surface area contributed by atoms with Crippen molar-refractivity contribution < 1.29 is 19.4 Å². The van der Waals surface area contributed by atoms with Crippen LogP contribution in [0, 0.1) is 0 Å². The summed E-state index contributed by atoms with van der Waals surface area (Å²) in [5.74, 6) is -0.0106. The zero-order chi connectivity index (χ0) is 15.4. The van der Waals surface area contributed by atoms with Crippen molar-refractivity contribution >= 4 is 23.4 Å². The summed E-state index contributed by atoms with van der Waals surface area (Å²) in [5, 5.41) is 13.2. The van der Waals surface area contributed by atoms with Crippen LogP contribution in [-0.4, -0.2) is 54.2 Å². The molecule has 114 valence electrons. The molecule has 6 nitrogen and oxygen atoms in total. The van der Waals surface area contributed by atoms with Gasteiger partial charge in [-0.1, -0.05) is 23.7 Å². The number of rotatable bonds is 6. The standard InChI is InChI=1S/C14H17ClN2O4/c1-17-13(19)6-11(14(17)20)16-7-9(18)8-21-12-5-3-2-4-10(12)15/h2-5,9,11,16,18H,6-8H2,1H3. The average molecular weight is 313 g/mol. The summed E-state index contributed by atoms with van der Waals surface area (Å²) in [6.45, 7) is 0.198. The minimum absolute atomic E-state index is 0.0431. The number of ether oxygens (including phenoxy) is 1. The molecular formula is C14H17ClN2O4. The number of aliphatic hydroxyl groups is 1. The molecule has 1 saturated heterocycles. The van der Waals surface area contributed by atoms with Gasteiger partial charge < -0.3 is 15.2 Å². The van der Waals surface area contributed by atoms with Crippen LogP contribution in [0.1, 0.15) is 6.42 Å². The molecule has 1 aromatic carbocycles. The molecular weight excluding hydrogens is 296 g/mol. The summed E-state index contributed by atoms with van der Waals surface area (Å²) < 4.78 is 5.40. The van der Waals surface area contributed by atoms with E-state index in [0.717, 1.165) is 4.90 Å². The highest BCUT2D eigenvalue weighted by atomic mass is 35.5. The average Bonchev–Trinajstić information content (AvgIpc) is 2.71. The molecule has 1 fully saturated rings. The van der Waals surface area contributed by atoms with Gasteiger partial charge in [-0.15, -0.1) is 0 Å². The predicted molar refractivity (Wildman–Crippen MR) is 77.1 cm³/mol. The molecule has 0 saturated carbocycles. The number of amides is 2. The smallest absolute Gasteiger partial charge is 0.246 e. The van der Waals surface area contributed by atoms with E-state index in [0.29, 0.717) is 10.8 Å². The summed E-state index contributed by atoms with van der Waals surface area (Å²) in [6, 6.07) is 6.39. The van der Waals surface area contributed by atoms with Crippen molar-refractivity contribution in [3.63, 3.8) is 0 Å². The highest BCUT2D eigenvalue weighted by molar-refractivity contribution is 6.32. The quantitative estimate of drug-likeness (QED) is 0.745. The lowest BCUT2D eigenvalue weighted by molar-refractivity contribution is -0.137. The van der Waals surface area contributed by atoms with Gasteiger partial charge >= 0.3 is 0 Å². The van der Waals surface area contributed by atoms with Crippen molar-refractivity contribution in [2.24, 2.45) is 0 Å². The Bertz CT molecular complexity index is 537. The first kappa shape index (κ1) is 15.8. The molecule has 0 spiro atoms. The summed E-state index contributed by atoms with van der Waals surface area (Å²) in [4.78, 5) is 24.1. The van der Waals surface area contributed by atoms with Gasteiger partial charge in [-0.2, -0.15) is 0 Å². The van der Waals surface area contributed by atoms with E-state index in [9.17, 15) is 14.7 Å². The van der Waals surface area contributed by atoms with Gasteiger partial charge in [-0.05, 0) is 12.1 Å². The van der Waals surface area contributed by atoms with Gasteiger partial charge in [0.1, 0.15) is 18.5 Å². The van der Waals surface area contributed by atoms with E-state index in [-0.39, 0.29) is 31.4 Å². The zero-order valence-electron chi connectivity index (χ0n) is 11.6. The predicted octanol–water partition coefficient (Wildman–Crippen LogP) is 0.427. The maximum Gasteiger partial charge on any atom is 0.246 e. The summed E-state index contributed by atoms with van der Waals surface area (Å²) in [5.41, 5.74) is 0. The van der Waals surface area contributed by atoms with Crippen LogP contribution in [0.3, 0.4) is 0 Å². The Balaban J connectivity index is 1.76. The maximum absolute atomic E-state index is 11.7. The Kier molecular flexibility index (Phi) is 5.17. The Morgan fingerprint density at radius 2 is 2.19 bits per heavy atom. The molecule has 2 unspecified atom stereocenters.